The number of benzene rings is 1. The van der Waals surface area contributed by atoms with Gasteiger partial charge < -0.3 is 14.2 Å². The highest BCUT2D eigenvalue weighted by atomic mass is 28.3. The van der Waals surface area contributed by atoms with Gasteiger partial charge in [0.15, 0.2) is 0 Å². The number of nitrogens with one attached hydrogen (secondary N) is 1. The third-order valence-electron chi connectivity index (χ3n) is 3.81. The largest absolute Gasteiger partial charge is 0.397 e. The smallest absolute Gasteiger partial charge is 0.318 e. The van der Waals surface area contributed by atoms with Gasteiger partial charge in [0.25, 0.3) is 0 Å². The Hall–Kier alpha value is -1.21. The van der Waals surface area contributed by atoms with Crippen LogP contribution in [0.15, 0.2) is 18.2 Å². The number of carbonyl (C=O) groups is 1. The van der Waals surface area contributed by atoms with E-state index in [9.17, 15) is 4.79 Å². The second kappa shape index (κ2) is 14.0. The second-order valence-electron chi connectivity index (χ2n) is 5.75. The topological polar surface area (TPSA) is 50.8 Å². The molecule has 1 N–H and O–H groups in total. The van der Waals surface area contributed by atoms with Crippen LogP contribution in [-0.4, -0.2) is 52.9 Å². The van der Waals surface area contributed by atoms with Crippen molar-refractivity contribution in [2.24, 2.45) is 0 Å². The highest BCUT2D eigenvalue weighted by Crippen LogP contribution is 2.19. The van der Waals surface area contributed by atoms with Crippen LogP contribution >= 0.6 is 0 Å². The van der Waals surface area contributed by atoms with Gasteiger partial charge in [-0.05, 0) is 58.5 Å². The molecule has 144 valence electrons. The number of likely N-dealkylation sites (N-methyl/N-ethyl adjacent to an activating group) is 1. The lowest BCUT2D eigenvalue weighted by atomic mass is 10.1. The Kier molecular flexibility index (Phi) is 13.3. The molecule has 0 heterocycles. The number of amides is 1. The highest BCUT2D eigenvalue weighted by molar-refractivity contribution is 6.42. The van der Waals surface area contributed by atoms with Gasteiger partial charge in [-0.25, -0.2) is 0 Å². The summed E-state index contributed by atoms with van der Waals surface area (Å²) in [5.74, 6) is 0.0612. The fourth-order valence-electron chi connectivity index (χ4n) is 2.36. The van der Waals surface area contributed by atoms with Gasteiger partial charge in [-0.3, -0.25) is 9.69 Å². The third kappa shape index (κ3) is 10.4. The SMILES string of the molecule is CCN(CC)CC(=O)Nc1c(C)cccc1C.CCO[SiH](C)OCC. The van der Waals surface area contributed by atoms with Crippen LogP contribution in [0.1, 0.15) is 38.8 Å². The average molecular weight is 369 g/mol. The Labute approximate surface area is 155 Å². The third-order valence-corrected chi connectivity index (χ3v) is 5.42. The number of nitrogens with zero attached hydrogens (tertiary/aromatic N) is 1. The minimum atomic E-state index is -1.20. The molecule has 1 rings (SSSR count). The molecule has 25 heavy (non-hydrogen) atoms. The van der Waals surface area contributed by atoms with Gasteiger partial charge in [-0.15, -0.1) is 0 Å². The van der Waals surface area contributed by atoms with Crippen molar-refractivity contribution in [2.75, 3.05) is 38.2 Å². The zero-order valence-electron chi connectivity index (χ0n) is 17.0. The van der Waals surface area contributed by atoms with E-state index in [1.165, 1.54) is 0 Å². The van der Waals surface area contributed by atoms with Crippen LogP contribution in [-0.2, 0) is 13.6 Å². The zero-order chi connectivity index (χ0) is 19.2. The predicted octanol–water partition coefficient (Wildman–Crippen LogP) is 3.49. The van der Waals surface area contributed by atoms with E-state index >= 15 is 0 Å². The second-order valence-corrected chi connectivity index (χ2v) is 7.56. The van der Waals surface area contributed by atoms with E-state index in [4.69, 9.17) is 8.85 Å². The number of carbonyl (C=O) groups excluding carboxylic acids is 1. The first-order chi connectivity index (χ1) is 11.9. The number of para-hydroxylation sites is 1. The quantitative estimate of drug-likeness (QED) is 0.678. The molecule has 0 spiro atoms. The molecule has 1 amide bonds. The van der Waals surface area contributed by atoms with Crippen LogP contribution in [0.5, 0.6) is 0 Å². The number of anilines is 1. The summed E-state index contributed by atoms with van der Waals surface area (Å²) in [6.45, 7) is 18.0. The summed E-state index contributed by atoms with van der Waals surface area (Å²) in [6.07, 6.45) is 0. The molecule has 0 bridgehead atoms. The van der Waals surface area contributed by atoms with Crippen LogP contribution in [0.3, 0.4) is 0 Å². The average Bonchev–Trinajstić information content (AvgIpc) is 2.57. The first-order valence-corrected chi connectivity index (χ1v) is 11.3. The van der Waals surface area contributed by atoms with E-state index in [2.05, 4.69) is 24.1 Å². The molecule has 0 aliphatic heterocycles. The summed E-state index contributed by atoms with van der Waals surface area (Å²) in [5.41, 5.74) is 3.17. The molecule has 1 aromatic carbocycles. The van der Waals surface area contributed by atoms with E-state index in [0.29, 0.717) is 6.54 Å². The maximum absolute atomic E-state index is 11.9. The highest BCUT2D eigenvalue weighted by Gasteiger charge is 2.10. The van der Waals surface area contributed by atoms with E-state index in [1.807, 2.05) is 52.4 Å². The molecule has 0 aromatic heterocycles. The van der Waals surface area contributed by atoms with Crippen LogP contribution in [0.25, 0.3) is 0 Å². The van der Waals surface area contributed by atoms with E-state index < -0.39 is 9.28 Å². The fraction of sp³-hybridized carbons (Fsp3) is 0.632. The van der Waals surface area contributed by atoms with Crippen LogP contribution in [0.2, 0.25) is 6.55 Å². The van der Waals surface area contributed by atoms with E-state index in [1.54, 1.807) is 0 Å². The van der Waals surface area contributed by atoms with Crippen molar-refractivity contribution >= 4 is 20.9 Å². The fourth-order valence-corrected chi connectivity index (χ4v) is 3.39. The van der Waals surface area contributed by atoms with Crippen molar-refractivity contribution in [1.29, 1.82) is 0 Å². The summed E-state index contributed by atoms with van der Waals surface area (Å²) in [6, 6.07) is 6.03. The van der Waals surface area contributed by atoms with Crippen LogP contribution < -0.4 is 5.32 Å². The Balaban J connectivity index is 0.000000609. The van der Waals surface area contributed by atoms with Crippen molar-refractivity contribution in [3.8, 4) is 0 Å². The maximum Gasteiger partial charge on any atom is 0.318 e. The zero-order valence-corrected chi connectivity index (χ0v) is 18.2. The lowest BCUT2D eigenvalue weighted by Crippen LogP contribution is -2.33. The molecular formula is C19H36N2O3Si. The number of aryl methyl sites for hydroxylation is 2. The lowest BCUT2D eigenvalue weighted by Gasteiger charge is -2.18. The number of hydrogen-bond acceptors (Lipinski definition) is 4. The number of rotatable bonds is 9. The normalized spacial score (nSPS) is 10.6. The van der Waals surface area contributed by atoms with Gasteiger partial charge in [-0.1, -0.05) is 32.0 Å². The minimum absolute atomic E-state index is 0.0612. The van der Waals surface area contributed by atoms with Crippen molar-refractivity contribution in [2.45, 2.75) is 48.1 Å². The van der Waals surface area contributed by atoms with Gasteiger partial charge in [0.1, 0.15) is 0 Å². The molecule has 6 heteroatoms. The van der Waals surface area contributed by atoms with Gasteiger partial charge in [0.2, 0.25) is 5.91 Å². The van der Waals surface area contributed by atoms with Crippen molar-refractivity contribution in [1.82, 2.24) is 4.90 Å². The van der Waals surface area contributed by atoms with Crippen LogP contribution in [0.4, 0.5) is 5.69 Å². The van der Waals surface area contributed by atoms with Gasteiger partial charge in [-0.2, -0.15) is 0 Å². The number of hydrogen-bond donors (Lipinski definition) is 1. The Morgan fingerprint density at radius 3 is 1.92 bits per heavy atom. The molecule has 0 unspecified atom stereocenters. The lowest BCUT2D eigenvalue weighted by molar-refractivity contribution is -0.117. The summed E-state index contributed by atoms with van der Waals surface area (Å²) in [5, 5.41) is 3.00. The Morgan fingerprint density at radius 1 is 1.04 bits per heavy atom. The van der Waals surface area contributed by atoms with E-state index in [0.717, 1.165) is 43.1 Å². The minimum Gasteiger partial charge on any atom is -0.397 e. The Bertz CT molecular complexity index is 467. The molecule has 0 saturated heterocycles. The van der Waals surface area contributed by atoms with Gasteiger partial charge in [0.05, 0.1) is 6.54 Å². The molecule has 0 aliphatic carbocycles. The predicted molar refractivity (Wildman–Crippen MR) is 109 cm³/mol. The van der Waals surface area contributed by atoms with Crippen molar-refractivity contribution in [3.63, 3.8) is 0 Å². The molecule has 0 atom stereocenters. The summed E-state index contributed by atoms with van der Waals surface area (Å²) < 4.78 is 10.4. The summed E-state index contributed by atoms with van der Waals surface area (Å²) in [4.78, 5) is 14.0. The molecule has 0 radical (unpaired) electrons. The molecule has 5 nitrogen and oxygen atoms in total. The Morgan fingerprint density at radius 2 is 1.52 bits per heavy atom. The molecule has 0 saturated carbocycles. The molecule has 0 fully saturated rings. The van der Waals surface area contributed by atoms with Gasteiger partial charge >= 0.3 is 9.28 Å². The van der Waals surface area contributed by atoms with Gasteiger partial charge in [0, 0.05) is 18.9 Å². The molecule has 0 aliphatic rings. The van der Waals surface area contributed by atoms with Crippen molar-refractivity contribution in [3.05, 3.63) is 29.3 Å². The van der Waals surface area contributed by atoms with E-state index in [-0.39, 0.29) is 5.91 Å². The first-order valence-electron chi connectivity index (χ1n) is 9.20. The van der Waals surface area contributed by atoms with Crippen LogP contribution in [0, 0.1) is 13.8 Å². The first kappa shape index (κ1) is 23.8. The summed E-state index contributed by atoms with van der Waals surface area (Å²) >= 11 is 0. The monoisotopic (exact) mass is 368 g/mol. The van der Waals surface area contributed by atoms with Crippen molar-refractivity contribution < 1.29 is 13.6 Å². The standard InChI is InChI=1S/C14H22N2O.C5H14O2Si/c1-5-16(6-2)10-13(17)15-14-11(3)8-7-9-12(14)4;1-4-6-8(3)7-5-2/h7-9H,5-6,10H2,1-4H3,(H,15,17);8H,4-5H2,1-3H3. The molecule has 1 aromatic rings. The summed E-state index contributed by atoms with van der Waals surface area (Å²) in [7, 11) is -1.20. The molecular weight excluding hydrogens is 332 g/mol. The maximum atomic E-state index is 11.9.